The number of hydrogen-bond acceptors (Lipinski definition) is 14. The Balaban J connectivity index is 1.85. The molecule has 3 heterocycles. The summed E-state index contributed by atoms with van der Waals surface area (Å²) >= 11 is -2.65. The molecule has 158 valence electrons. The smallest absolute Gasteiger partial charge is 0.310 e. The maximum absolute atomic E-state index is 11.5. The Hall–Kier alpha value is -0.370. The van der Waals surface area contributed by atoms with Crippen molar-refractivity contribution in [3.8, 4) is 0 Å². The summed E-state index contributed by atoms with van der Waals surface area (Å²) in [6.45, 7) is -1.97. The van der Waals surface area contributed by atoms with Crippen molar-refractivity contribution in [3.63, 3.8) is 0 Å². The van der Waals surface area contributed by atoms with Crippen LogP contribution in [-0.2, 0) is 33.9 Å². The Kier molecular flexibility index (Phi) is 5.90. The molecule has 3 aliphatic heterocycles. The van der Waals surface area contributed by atoms with Gasteiger partial charge in [0.1, 0.15) is 43.2 Å². The van der Waals surface area contributed by atoms with E-state index in [4.69, 9.17) is 18.4 Å². The van der Waals surface area contributed by atoms with Gasteiger partial charge in [-0.15, -0.1) is 0 Å². The van der Waals surface area contributed by atoms with Gasteiger partial charge in [0.2, 0.25) is 0 Å². The number of aliphatic hydroxyl groups is 8. The van der Waals surface area contributed by atoms with Gasteiger partial charge in [0.25, 0.3) is 11.6 Å². The Bertz CT molecular complexity index is 576. The second kappa shape index (κ2) is 7.47. The lowest BCUT2D eigenvalue weighted by Gasteiger charge is -2.49. The zero-order valence-corrected chi connectivity index (χ0v) is 14.3. The topological polar surface area (TPSA) is 225 Å². The average molecular weight is 420 g/mol. The van der Waals surface area contributed by atoms with Crippen molar-refractivity contribution in [2.45, 2.75) is 60.8 Å². The van der Waals surface area contributed by atoms with Crippen LogP contribution in [0.4, 0.5) is 0 Å². The van der Waals surface area contributed by atoms with Gasteiger partial charge >= 0.3 is 11.4 Å². The zero-order chi connectivity index (χ0) is 20.1. The lowest BCUT2D eigenvalue weighted by molar-refractivity contribution is -0.450. The van der Waals surface area contributed by atoms with Crippen LogP contribution < -0.4 is 0 Å². The van der Waals surface area contributed by atoms with Crippen molar-refractivity contribution in [2.75, 3.05) is 13.2 Å². The predicted molar refractivity (Wildman–Crippen MR) is 76.8 cm³/mol. The van der Waals surface area contributed by atoms with E-state index in [0.29, 0.717) is 0 Å². The van der Waals surface area contributed by atoms with Gasteiger partial charge in [-0.25, -0.2) is 8.37 Å². The lowest BCUT2D eigenvalue weighted by atomic mass is 9.92. The number of ether oxygens (including phenoxy) is 3. The number of rotatable bonds is 4. The van der Waals surface area contributed by atoms with Crippen LogP contribution in [0.25, 0.3) is 0 Å². The maximum Gasteiger partial charge on any atom is 0.310 e. The fourth-order valence-corrected chi connectivity index (χ4v) is 3.94. The van der Waals surface area contributed by atoms with Crippen LogP contribution in [0.1, 0.15) is 0 Å². The van der Waals surface area contributed by atoms with Crippen molar-refractivity contribution in [1.82, 2.24) is 0 Å². The lowest BCUT2D eigenvalue weighted by Crippen LogP contribution is -2.73. The SMILES string of the molecule is O=S1O[C@@]2(CO)O[C@H](O[C@H]3[C@H](O)[C@@H](O)[C@H](O)O[C@@H]3CO)[C@H](O)[C@H](O)[C@@]2(O)O1. The molecule has 0 amide bonds. The first-order chi connectivity index (χ1) is 12.6. The Morgan fingerprint density at radius 2 is 1.67 bits per heavy atom. The van der Waals surface area contributed by atoms with Crippen molar-refractivity contribution in [2.24, 2.45) is 0 Å². The summed E-state index contributed by atoms with van der Waals surface area (Å²) in [6, 6.07) is 0. The predicted octanol–water partition coefficient (Wildman–Crippen LogP) is -6.12. The van der Waals surface area contributed by atoms with Crippen LogP contribution in [0.15, 0.2) is 0 Å². The van der Waals surface area contributed by atoms with E-state index in [1.165, 1.54) is 0 Å². The van der Waals surface area contributed by atoms with Crippen LogP contribution in [0.5, 0.6) is 0 Å². The molecule has 8 N–H and O–H groups in total. The summed E-state index contributed by atoms with van der Waals surface area (Å²) in [7, 11) is 0. The standard InChI is InChI=1S/C12H20O14S/c13-1-3-7(4(15)5(16)9(19)22-3)23-10-6(17)8(18)12(20)11(2-14,24-10)25-27(21)26-12/h3-10,13-20H,1-2H2/t3-,4-,5-,6-,7-,8+,9-,10+,11-,12-,27?/m1/s1. The molecule has 0 aliphatic carbocycles. The first-order valence-electron chi connectivity index (χ1n) is 7.74. The third-order valence-electron chi connectivity index (χ3n) is 4.59. The molecule has 3 saturated heterocycles. The molecule has 1 unspecified atom stereocenters. The normalized spacial score (nSPS) is 56.1. The van der Waals surface area contributed by atoms with Crippen LogP contribution in [0, 0.1) is 0 Å². The molecular formula is C12H20O14S. The van der Waals surface area contributed by atoms with Crippen molar-refractivity contribution in [3.05, 3.63) is 0 Å². The molecule has 0 bridgehead atoms. The van der Waals surface area contributed by atoms with Gasteiger partial charge in [-0.1, -0.05) is 0 Å². The van der Waals surface area contributed by atoms with Gasteiger partial charge in [-0.05, 0) is 0 Å². The highest BCUT2D eigenvalue weighted by Crippen LogP contribution is 2.46. The van der Waals surface area contributed by atoms with E-state index in [9.17, 15) is 45.1 Å². The maximum atomic E-state index is 11.5. The highest BCUT2D eigenvalue weighted by Gasteiger charge is 2.73. The number of fused-ring (bicyclic) bond motifs is 1. The molecule has 14 nitrogen and oxygen atoms in total. The summed E-state index contributed by atoms with van der Waals surface area (Å²) in [5, 5.41) is 78.8. The summed E-state index contributed by atoms with van der Waals surface area (Å²) in [5.74, 6) is -5.53. The third kappa shape index (κ3) is 3.22. The van der Waals surface area contributed by atoms with Gasteiger partial charge in [0.05, 0.1) is 6.61 Å². The molecule has 15 heteroatoms. The zero-order valence-electron chi connectivity index (χ0n) is 13.5. The van der Waals surface area contributed by atoms with Crippen LogP contribution in [0.3, 0.4) is 0 Å². The van der Waals surface area contributed by atoms with Gasteiger partial charge in [0.15, 0.2) is 12.6 Å². The van der Waals surface area contributed by atoms with Gasteiger partial charge < -0.3 is 55.1 Å². The summed E-state index contributed by atoms with van der Waals surface area (Å²) in [6.07, 6.45) is -14.7. The fraction of sp³-hybridized carbons (Fsp3) is 1.00. The second-order valence-corrected chi connectivity index (χ2v) is 6.97. The Morgan fingerprint density at radius 1 is 1.00 bits per heavy atom. The van der Waals surface area contributed by atoms with E-state index in [1.54, 1.807) is 0 Å². The van der Waals surface area contributed by atoms with E-state index in [-0.39, 0.29) is 0 Å². The monoisotopic (exact) mass is 420 g/mol. The molecule has 3 fully saturated rings. The minimum atomic E-state index is -2.92. The largest absolute Gasteiger partial charge is 0.394 e. The van der Waals surface area contributed by atoms with Crippen molar-refractivity contribution < 1.29 is 67.6 Å². The van der Waals surface area contributed by atoms with E-state index in [1.807, 2.05) is 0 Å². The molecule has 3 rings (SSSR count). The highest BCUT2D eigenvalue weighted by atomic mass is 32.2. The average Bonchev–Trinajstić information content (AvgIpc) is 2.90. The van der Waals surface area contributed by atoms with Gasteiger partial charge in [-0.3, -0.25) is 0 Å². The second-order valence-electron chi connectivity index (χ2n) is 6.23. The van der Waals surface area contributed by atoms with Crippen LogP contribution in [-0.4, -0.2) is 119 Å². The fourth-order valence-electron chi connectivity index (χ4n) is 3.05. The molecule has 0 saturated carbocycles. The van der Waals surface area contributed by atoms with Crippen molar-refractivity contribution in [1.29, 1.82) is 0 Å². The molecule has 0 spiro atoms. The highest BCUT2D eigenvalue weighted by molar-refractivity contribution is 7.75. The molecule has 0 aromatic carbocycles. The molecule has 0 radical (unpaired) electrons. The van der Waals surface area contributed by atoms with Gasteiger partial charge in [0, 0.05) is 0 Å². The molecule has 0 aromatic rings. The first kappa shape index (κ1) is 21.3. The summed E-state index contributed by atoms with van der Waals surface area (Å²) in [5.41, 5.74) is 0. The van der Waals surface area contributed by atoms with Crippen molar-refractivity contribution >= 4 is 11.4 Å². The van der Waals surface area contributed by atoms with Crippen LogP contribution in [0.2, 0.25) is 0 Å². The minimum Gasteiger partial charge on any atom is -0.394 e. The minimum absolute atomic E-state index is 0.782. The van der Waals surface area contributed by atoms with E-state index in [0.717, 1.165) is 0 Å². The van der Waals surface area contributed by atoms with E-state index < -0.39 is 85.4 Å². The Morgan fingerprint density at radius 3 is 2.26 bits per heavy atom. The third-order valence-corrected chi connectivity index (χ3v) is 5.39. The summed E-state index contributed by atoms with van der Waals surface area (Å²) in [4.78, 5) is 0. The molecule has 3 aliphatic rings. The molecule has 27 heavy (non-hydrogen) atoms. The Labute approximate surface area is 153 Å². The number of hydrogen-bond donors (Lipinski definition) is 8. The van der Waals surface area contributed by atoms with Crippen LogP contribution >= 0.6 is 0 Å². The van der Waals surface area contributed by atoms with Gasteiger partial charge in [-0.2, -0.15) is 4.21 Å². The van der Waals surface area contributed by atoms with E-state index in [2.05, 4.69) is 4.18 Å². The number of aliphatic hydroxyl groups excluding tert-OH is 7. The first-order valence-corrected chi connectivity index (χ1v) is 8.74. The quantitative estimate of drug-likeness (QED) is 0.212. The van der Waals surface area contributed by atoms with E-state index >= 15 is 0 Å². The molecular weight excluding hydrogens is 400 g/mol. The summed E-state index contributed by atoms with van der Waals surface area (Å²) < 4.78 is 36.0. The molecule has 0 aromatic heterocycles. The molecule has 11 atom stereocenters.